The number of nitrogens with zero attached hydrogens (tertiary/aromatic N) is 1. The molecule has 2 N–H and O–H groups in total. The molecule has 0 bridgehead atoms. The van der Waals surface area contributed by atoms with E-state index in [-0.39, 0.29) is 16.3 Å². The van der Waals surface area contributed by atoms with Crippen LogP contribution in [-0.2, 0) is 10.0 Å². The van der Waals surface area contributed by atoms with Crippen LogP contribution in [0.2, 0.25) is 0 Å². The maximum absolute atomic E-state index is 12.5. The molecule has 0 aliphatic carbocycles. The topological polar surface area (TPSA) is 101 Å². The van der Waals surface area contributed by atoms with Gasteiger partial charge in [0.25, 0.3) is 15.9 Å². The molecule has 7 nitrogen and oxygen atoms in total. The van der Waals surface area contributed by atoms with E-state index in [0.717, 1.165) is 11.1 Å². The lowest BCUT2D eigenvalue weighted by Gasteiger charge is -2.09. The zero-order chi connectivity index (χ0) is 19.6. The van der Waals surface area contributed by atoms with Gasteiger partial charge in [0.2, 0.25) is 0 Å². The summed E-state index contributed by atoms with van der Waals surface area (Å²) in [6.45, 7) is 5.59. The molecule has 1 amide bonds. The van der Waals surface area contributed by atoms with Crippen molar-refractivity contribution in [2.24, 2.45) is 0 Å². The number of carbonyl (C=O) groups is 1. The molecule has 1 aromatic heterocycles. The van der Waals surface area contributed by atoms with E-state index in [2.05, 4.69) is 15.2 Å². The zero-order valence-electron chi connectivity index (χ0n) is 15.1. The molecule has 0 fully saturated rings. The molecule has 3 rings (SSSR count). The largest absolute Gasteiger partial charge is 0.360 e. The van der Waals surface area contributed by atoms with Crippen molar-refractivity contribution in [3.05, 3.63) is 71.0 Å². The van der Waals surface area contributed by atoms with E-state index in [1.807, 2.05) is 26.0 Å². The van der Waals surface area contributed by atoms with Gasteiger partial charge >= 0.3 is 0 Å². The number of hydrogen-bond donors (Lipinski definition) is 2. The quantitative estimate of drug-likeness (QED) is 0.698. The Balaban J connectivity index is 1.81. The number of rotatable bonds is 5. The van der Waals surface area contributed by atoms with Crippen molar-refractivity contribution in [1.82, 2.24) is 5.16 Å². The summed E-state index contributed by atoms with van der Waals surface area (Å²) in [5.41, 5.74) is 3.05. The van der Waals surface area contributed by atoms with E-state index in [1.165, 1.54) is 24.3 Å². The monoisotopic (exact) mass is 385 g/mol. The lowest BCUT2D eigenvalue weighted by Crippen LogP contribution is -2.16. The van der Waals surface area contributed by atoms with Gasteiger partial charge in [-0.1, -0.05) is 17.3 Å². The molecule has 0 spiro atoms. The van der Waals surface area contributed by atoms with Gasteiger partial charge in [-0.2, -0.15) is 0 Å². The van der Waals surface area contributed by atoms with Crippen molar-refractivity contribution in [1.29, 1.82) is 0 Å². The van der Waals surface area contributed by atoms with Crippen LogP contribution in [0.4, 0.5) is 11.5 Å². The molecule has 0 aliphatic rings. The van der Waals surface area contributed by atoms with Gasteiger partial charge in [0, 0.05) is 17.3 Å². The number of hydrogen-bond acceptors (Lipinski definition) is 5. The minimum absolute atomic E-state index is 0.0455. The highest BCUT2D eigenvalue weighted by atomic mass is 32.2. The van der Waals surface area contributed by atoms with E-state index in [0.29, 0.717) is 11.4 Å². The Labute approximate surface area is 157 Å². The highest BCUT2D eigenvalue weighted by molar-refractivity contribution is 7.92. The first-order chi connectivity index (χ1) is 12.7. The van der Waals surface area contributed by atoms with Crippen molar-refractivity contribution in [2.45, 2.75) is 25.7 Å². The van der Waals surface area contributed by atoms with Crippen LogP contribution in [0.25, 0.3) is 0 Å². The fraction of sp³-hybridized carbons (Fsp3) is 0.158. The second kappa shape index (κ2) is 7.24. The predicted octanol–water partition coefficient (Wildman–Crippen LogP) is 3.65. The van der Waals surface area contributed by atoms with Crippen LogP contribution >= 0.6 is 0 Å². The van der Waals surface area contributed by atoms with Gasteiger partial charge in [-0.05, 0) is 62.2 Å². The molecule has 27 heavy (non-hydrogen) atoms. The number of nitrogens with one attached hydrogen (secondary N) is 2. The molecule has 0 saturated heterocycles. The Kier molecular flexibility index (Phi) is 5.00. The first-order valence-corrected chi connectivity index (χ1v) is 9.68. The van der Waals surface area contributed by atoms with Gasteiger partial charge in [-0.25, -0.2) is 8.42 Å². The first-order valence-electron chi connectivity index (χ1n) is 8.19. The third-order valence-electron chi connectivity index (χ3n) is 4.04. The summed E-state index contributed by atoms with van der Waals surface area (Å²) in [5.74, 6) is 0.166. The third kappa shape index (κ3) is 4.35. The van der Waals surface area contributed by atoms with Gasteiger partial charge in [0.1, 0.15) is 5.76 Å². The normalized spacial score (nSPS) is 11.2. The molecular weight excluding hydrogens is 366 g/mol. The van der Waals surface area contributed by atoms with Crippen LogP contribution in [0.5, 0.6) is 0 Å². The zero-order valence-corrected chi connectivity index (χ0v) is 15.9. The smallest absolute Gasteiger partial charge is 0.263 e. The van der Waals surface area contributed by atoms with E-state index >= 15 is 0 Å². The van der Waals surface area contributed by atoms with Crippen LogP contribution in [0.1, 0.15) is 27.2 Å². The summed E-state index contributed by atoms with van der Waals surface area (Å²) in [6.07, 6.45) is 0. The van der Waals surface area contributed by atoms with Gasteiger partial charge < -0.3 is 9.84 Å². The Morgan fingerprint density at radius 2 is 1.78 bits per heavy atom. The summed E-state index contributed by atoms with van der Waals surface area (Å²) in [6, 6.07) is 12.8. The number of amides is 1. The lowest BCUT2D eigenvalue weighted by atomic mass is 10.1. The molecule has 8 heteroatoms. The van der Waals surface area contributed by atoms with Crippen molar-refractivity contribution >= 4 is 27.4 Å². The third-order valence-corrected chi connectivity index (χ3v) is 5.39. The molecule has 2 aromatic carbocycles. The molecule has 3 aromatic rings. The Morgan fingerprint density at radius 3 is 2.44 bits per heavy atom. The number of carbonyl (C=O) groups excluding carboxylic acids is 1. The molecule has 0 saturated carbocycles. The fourth-order valence-corrected chi connectivity index (χ4v) is 3.47. The summed E-state index contributed by atoms with van der Waals surface area (Å²) in [7, 11) is -3.89. The molecule has 0 radical (unpaired) electrons. The molecule has 0 atom stereocenters. The maximum atomic E-state index is 12.5. The minimum atomic E-state index is -3.89. The SMILES string of the molecule is Cc1cc(NS(=O)(=O)c2cccc(C(=O)Nc3ccc(C)c(C)c3)c2)no1. The van der Waals surface area contributed by atoms with Gasteiger partial charge in [-0.15, -0.1) is 0 Å². The van der Waals surface area contributed by atoms with Gasteiger partial charge in [-0.3, -0.25) is 9.52 Å². The van der Waals surface area contributed by atoms with Crippen molar-refractivity contribution in [3.63, 3.8) is 0 Å². The van der Waals surface area contributed by atoms with E-state index in [4.69, 9.17) is 4.52 Å². The summed E-state index contributed by atoms with van der Waals surface area (Å²) >= 11 is 0. The first kappa shape index (κ1) is 18.7. The summed E-state index contributed by atoms with van der Waals surface area (Å²) in [5, 5.41) is 6.39. The predicted molar refractivity (Wildman–Crippen MR) is 102 cm³/mol. The van der Waals surface area contributed by atoms with Gasteiger partial charge in [0.05, 0.1) is 4.90 Å². The number of sulfonamides is 1. The van der Waals surface area contributed by atoms with Crippen LogP contribution in [-0.4, -0.2) is 19.5 Å². The second-order valence-electron chi connectivity index (χ2n) is 6.21. The maximum Gasteiger partial charge on any atom is 0.263 e. The van der Waals surface area contributed by atoms with Crippen molar-refractivity contribution in [3.8, 4) is 0 Å². The molecule has 0 unspecified atom stereocenters. The molecule has 0 aliphatic heterocycles. The fourth-order valence-electron chi connectivity index (χ4n) is 2.44. The average Bonchev–Trinajstić information content (AvgIpc) is 3.02. The highest BCUT2D eigenvalue weighted by Gasteiger charge is 2.18. The van der Waals surface area contributed by atoms with Crippen molar-refractivity contribution < 1.29 is 17.7 Å². The number of benzene rings is 2. The van der Waals surface area contributed by atoms with Crippen LogP contribution in [0, 0.1) is 20.8 Å². The van der Waals surface area contributed by atoms with Crippen molar-refractivity contribution in [2.75, 3.05) is 10.0 Å². The molecular formula is C19H19N3O4S. The number of aromatic nitrogens is 1. The molecule has 1 heterocycles. The van der Waals surface area contributed by atoms with Crippen LogP contribution < -0.4 is 10.0 Å². The Morgan fingerprint density at radius 1 is 1.00 bits per heavy atom. The Bertz CT molecular complexity index is 1100. The van der Waals surface area contributed by atoms with Crippen LogP contribution in [0.3, 0.4) is 0 Å². The summed E-state index contributed by atoms with van der Waals surface area (Å²) < 4.78 is 32.2. The Hall–Kier alpha value is -3.13. The number of aryl methyl sites for hydroxylation is 3. The standard InChI is InChI=1S/C19H19N3O4S/c1-12-7-8-16(9-13(12)2)20-19(23)15-5-4-6-17(11-15)27(24,25)22-18-10-14(3)26-21-18/h4-11H,1-3H3,(H,20,23)(H,21,22). The van der Waals surface area contributed by atoms with Gasteiger partial charge in [0.15, 0.2) is 5.82 Å². The minimum Gasteiger partial charge on any atom is -0.360 e. The summed E-state index contributed by atoms with van der Waals surface area (Å²) in [4.78, 5) is 12.5. The highest BCUT2D eigenvalue weighted by Crippen LogP contribution is 2.19. The van der Waals surface area contributed by atoms with Crippen LogP contribution in [0.15, 0.2) is 57.9 Å². The number of anilines is 2. The average molecular weight is 385 g/mol. The lowest BCUT2D eigenvalue weighted by molar-refractivity contribution is 0.102. The molecule has 140 valence electrons. The van der Waals surface area contributed by atoms with E-state index in [9.17, 15) is 13.2 Å². The van der Waals surface area contributed by atoms with E-state index < -0.39 is 15.9 Å². The van der Waals surface area contributed by atoms with E-state index in [1.54, 1.807) is 19.1 Å². The second-order valence-corrected chi connectivity index (χ2v) is 7.89.